The van der Waals surface area contributed by atoms with Crippen molar-refractivity contribution >= 4 is 17.3 Å². The van der Waals surface area contributed by atoms with Gasteiger partial charge in [0.1, 0.15) is 11.5 Å². The quantitative estimate of drug-likeness (QED) is 0.649. The third-order valence-corrected chi connectivity index (χ3v) is 5.21. The van der Waals surface area contributed by atoms with Gasteiger partial charge in [0.15, 0.2) is 0 Å². The summed E-state index contributed by atoms with van der Waals surface area (Å²) >= 11 is 6.31. The van der Waals surface area contributed by atoms with Crippen LogP contribution >= 0.6 is 11.6 Å². The fraction of sp³-hybridized carbons (Fsp3) is 0.263. The van der Waals surface area contributed by atoms with Crippen LogP contribution in [0.3, 0.4) is 0 Å². The van der Waals surface area contributed by atoms with Gasteiger partial charge in [0.05, 0.1) is 6.04 Å². The highest BCUT2D eigenvalue weighted by molar-refractivity contribution is 6.31. The first-order valence-corrected chi connectivity index (χ1v) is 8.51. The summed E-state index contributed by atoms with van der Waals surface area (Å²) in [7, 11) is 0. The lowest BCUT2D eigenvalue weighted by Gasteiger charge is -2.38. The van der Waals surface area contributed by atoms with Crippen LogP contribution in [-0.2, 0) is 0 Å². The molecule has 0 aromatic heterocycles. The molecule has 1 heterocycles. The molecule has 2 N–H and O–H groups in total. The normalized spacial score (nSPS) is 23.9. The van der Waals surface area contributed by atoms with Gasteiger partial charge in [0, 0.05) is 16.6 Å². The number of rotatable bonds is 2. The Morgan fingerprint density at radius 1 is 1.12 bits per heavy atom. The minimum Gasteiger partial charge on any atom is -0.508 e. The Balaban J connectivity index is 1.72. The minimum atomic E-state index is -4.72. The van der Waals surface area contributed by atoms with Gasteiger partial charge in [-0.2, -0.15) is 0 Å². The molecule has 0 saturated heterocycles. The Morgan fingerprint density at radius 2 is 1.92 bits per heavy atom. The molecule has 2 aromatic rings. The number of hydrogen-bond acceptors (Lipinski definition) is 3. The molecule has 1 aliphatic carbocycles. The number of anilines is 1. The Hall–Kier alpha value is -2.34. The molecular weight excluding hydrogens is 367 g/mol. The number of fused-ring (bicyclic) bond motifs is 3. The summed E-state index contributed by atoms with van der Waals surface area (Å²) in [6.45, 7) is 0. The molecule has 0 bridgehead atoms. The molecule has 136 valence electrons. The second kappa shape index (κ2) is 6.13. The topological polar surface area (TPSA) is 41.5 Å². The van der Waals surface area contributed by atoms with Crippen molar-refractivity contribution in [2.24, 2.45) is 5.92 Å². The average Bonchev–Trinajstić information content (AvgIpc) is 3.03. The SMILES string of the molecule is Oc1ccc([C@@H]2Nc3ccc(OC(F)(F)F)cc3[C@H]3C=CC[C@@H]32)c(Cl)c1. The van der Waals surface area contributed by atoms with Gasteiger partial charge >= 0.3 is 6.36 Å². The summed E-state index contributed by atoms with van der Waals surface area (Å²) in [4.78, 5) is 0. The molecule has 0 saturated carbocycles. The highest BCUT2D eigenvalue weighted by Crippen LogP contribution is 2.51. The predicted molar refractivity (Wildman–Crippen MR) is 92.6 cm³/mol. The van der Waals surface area contributed by atoms with Gasteiger partial charge in [-0.1, -0.05) is 29.8 Å². The van der Waals surface area contributed by atoms with Gasteiger partial charge in [0.25, 0.3) is 0 Å². The van der Waals surface area contributed by atoms with E-state index in [9.17, 15) is 18.3 Å². The van der Waals surface area contributed by atoms with E-state index in [1.165, 1.54) is 18.2 Å². The minimum absolute atomic E-state index is 0.0297. The van der Waals surface area contributed by atoms with Crippen LogP contribution < -0.4 is 10.1 Å². The van der Waals surface area contributed by atoms with E-state index in [0.29, 0.717) is 5.02 Å². The van der Waals surface area contributed by atoms with Crippen LogP contribution in [0.5, 0.6) is 11.5 Å². The number of benzene rings is 2. The first-order chi connectivity index (χ1) is 12.3. The van der Waals surface area contributed by atoms with Crippen LogP contribution in [-0.4, -0.2) is 11.5 Å². The van der Waals surface area contributed by atoms with Crippen LogP contribution in [0, 0.1) is 5.92 Å². The van der Waals surface area contributed by atoms with Crippen molar-refractivity contribution in [3.63, 3.8) is 0 Å². The maximum atomic E-state index is 12.5. The zero-order chi connectivity index (χ0) is 18.5. The third kappa shape index (κ3) is 3.09. The van der Waals surface area contributed by atoms with Crippen molar-refractivity contribution < 1.29 is 23.0 Å². The fourth-order valence-corrected chi connectivity index (χ4v) is 4.14. The van der Waals surface area contributed by atoms with Gasteiger partial charge in [-0.25, -0.2) is 0 Å². The number of phenolic OH excluding ortho intramolecular Hbond substituents is 1. The van der Waals surface area contributed by atoms with E-state index < -0.39 is 6.36 Å². The summed E-state index contributed by atoms with van der Waals surface area (Å²) in [5, 5.41) is 13.4. The summed E-state index contributed by atoms with van der Waals surface area (Å²) in [6, 6.07) is 9.08. The number of aromatic hydroxyl groups is 1. The number of nitrogens with one attached hydrogen (secondary N) is 1. The van der Waals surface area contributed by atoms with Crippen LogP contribution in [0.25, 0.3) is 0 Å². The molecule has 7 heteroatoms. The number of alkyl halides is 3. The fourth-order valence-electron chi connectivity index (χ4n) is 3.85. The molecule has 0 unspecified atom stereocenters. The Bertz CT molecular complexity index is 882. The number of phenols is 1. The molecule has 2 aromatic carbocycles. The van der Waals surface area contributed by atoms with Gasteiger partial charge < -0.3 is 15.2 Å². The zero-order valence-electron chi connectivity index (χ0n) is 13.4. The number of ether oxygens (including phenoxy) is 1. The average molecular weight is 382 g/mol. The monoisotopic (exact) mass is 381 g/mol. The third-order valence-electron chi connectivity index (χ3n) is 4.89. The first kappa shape index (κ1) is 17.1. The molecule has 26 heavy (non-hydrogen) atoms. The van der Waals surface area contributed by atoms with Crippen molar-refractivity contribution in [2.75, 3.05) is 5.32 Å². The van der Waals surface area contributed by atoms with Gasteiger partial charge in [-0.05, 0) is 53.8 Å². The van der Waals surface area contributed by atoms with E-state index in [4.69, 9.17) is 11.6 Å². The van der Waals surface area contributed by atoms with E-state index in [2.05, 4.69) is 10.1 Å². The van der Waals surface area contributed by atoms with Gasteiger partial charge in [0.2, 0.25) is 0 Å². The highest BCUT2D eigenvalue weighted by Gasteiger charge is 2.39. The van der Waals surface area contributed by atoms with Crippen LogP contribution in [0.2, 0.25) is 5.02 Å². The van der Waals surface area contributed by atoms with E-state index in [1.807, 2.05) is 12.2 Å². The van der Waals surface area contributed by atoms with Crippen molar-refractivity contribution in [3.05, 3.63) is 64.7 Å². The van der Waals surface area contributed by atoms with Crippen molar-refractivity contribution in [1.82, 2.24) is 0 Å². The Labute approximate surface area is 153 Å². The number of hydrogen-bond donors (Lipinski definition) is 2. The Morgan fingerprint density at radius 3 is 2.65 bits per heavy atom. The van der Waals surface area contributed by atoms with Crippen molar-refractivity contribution in [2.45, 2.75) is 24.7 Å². The molecule has 0 amide bonds. The molecule has 0 radical (unpaired) electrons. The smallest absolute Gasteiger partial charge is 0.508 e. The summed E-state index contributed by atoms with van der Waals surface area (Å²) in [6.07, 6.45) is 0.112. The largest absolute Gasteiger partial charge is 0.573 e. The lowest BCUT2D eigenvalue weighted by molar-refractivity contribution is -0.274. The van der Waals surface area contributed by atoms with Crippen molar-refractivity contribution in [3.8, 4) is 11.5 Å². The molecule has 0 spiro atoms. The maximum absolute atomic E-state index is 12.5. The molecule has 3 nitrogen and oxygen atoms in total. The second-order valence-electron chi connectivity index (χ2n) is 6.48. The molecule has 4 rings (SSSR count). The molecular formula is C19H15ClF3NO2. The van der Waals surface area contributed by atoms with Crippen molar-refractivity contribution in [1.29, 1.82) is 0 Å². The Kier molecular flexibility index (Phi) is 4.03. The lowest BCUT2D eigenvalue weighted by Crippen LogP contribution is -2.29. The van der Waals surface area contributed by atoms with E-state index in [-0.39, 0.29) is 29.4 Å². The van der Waals surface area contributed by atoms with Crippen LogP contribution in [0.4, 0.5) is 18.9 Å². The number of allylic oxidation sites excluding steroid dienone is 2. The van der Waals surface area contributed by atoms with E-state index >= 15 is 0 Å². The molecule has 1 aliphatic heterocycles. The van der Waals surface area contributed by atoms with Gasteiger partial charge in [-0.15, -0.1) is 13.2 Å². The zero-order valence-corrected chi connectivity index (χ0v) is 14.2. The van der Waals surface area contributed by atoms with Crippen LogP contribution in [0.15, 0.2) is 48.6 Å². The number of halogens is 4. The maximum Gasteiger partial charge on any atom is 0.573 e. The lowest BCUT2D eigenvalue weighted by atomic mass is 9.77. The van der Waals surface area contributed by atoms with E-state index in [0.717, 1.165) is 23.2 Å². The second-order valence-corrected chi connectivity index (χ2v) is 6.89. The molecule has 3 atom stereocenters. The standard InChI is InChI=1S/C19H15ClF3NO2/c20-16-8-10(25)4-6-14(16)18-13-3-1-2-12(13)15-9-11(26-19(21,22)23)5-7-17(15)24-18/h1-2,4-9,12-13,18,24-25H,3H2/t12-,13-,18+/m0/s1. The highest BCUT2D eigenvalue weighted by atomic mass is 35.5. The molecule has 0 fully saturated rings. The first-order valence-electron chi connectivity index (χ1n) is 8.13. The summed E-state index contributed by atoms with van der Waals surface area (Å²) < 4.78 is 41.6. The summed E-state index contributed by atoms with van der Waals surface area (Å²) in [5.74, 6) is -0.0493. The van der Waals surface area contributed by atoms with Crippen LogP contribution in [0.1, 0.15) is 29.5 Å². The summed E-state index contributed by atoms with van der Waals surface area (Å²) in [5.41, 5.74) is 2.38. The van der Waals surface area contributed by atoms with Gasteiger partial charge in [-0.3, -0.25) is 0 Å². The van der Waals surface area contributed by atoms with E-state index in [1.54, 1.807) is 18.2 Å². The predicted octanol–water partition coefficient (Wildman–Crippen LogP) is 5.77. The molecule has 2 aliphatic rings.